The number of carbonyl (C=O) groups is 2. The summed E-state index contributed by atoms with van der Waals surface area (Å²) in [6.07, 6.45) is 1.10. The van der Waals surface area contributed by atoms with E-state index in [9.17, 15) is 22.8 Å². The number of aromatic nitrogens is 1. The Labute approximate surface area is 183 Å². The lowest BCUT2D eigenvalue weighted by Crippen LogP contribution is -2.43. The summed E-state index contributed by atoms with van der Waals surface area (Å²) in [6, 6.07) is 10.9. The van der Waals surface area contributed by atoms with Gasteiger partial charge in [-0.15, -0.1) is 0 Å². The van der Waals surface area contributed by atoms with Crippen LogP contribution in [0, 0.1) is 5.92 Å². The normalized spacial score (nSPS) is 17.2. The molecule has 0 bridgehead atoms. The Morgan fingerprint density at radius 3 is 2.47 bits per heavy atom. The fourth-order valence-corrected chi connectivity index (χ4v) is 5.23. The number of sulfonamides is 1. The Kier molecular flexibility index (Phi) is 5.85. The highest BCUT2D eigenvalue weighted by atomic mass is 32.2. The summed E-state index contributed by atoms with van der Waals surface area (Å²) in [5.41, 5.74) is 1.73. The van der Waals surface area contributed by atoms with E-state index in [1.165, 1.54) is 29.4 Å². The predicted octanol–water partition coefficient (Wildman–Crippen LogP) is 2.12. The van der Waals surface area contributed by atoms with Crippen LogP contribution in [0.2, 0.25) is 0 Å². The van der Waals surface area contributed by atoms with Crippen molar-refractivity contribution in [2.24, 2.45) is 5.92 Å². The van der Waals surface area contributed by atoms with Gasteiger partial charge in [0.1, 0.15) is 0 Å². The van der Waals surface area contributed by atoms with Crippen LogP contribution in [0.4, 0.5) is 11.4 Å². The Bertz CT molecular complexity index is 1330. The molecule has 10 nitrogen and oxygen atoms in total. The standard InChI is InChI=1S/C21H22N4O6S/c1-13(26)22-15-4-6-16(7-5-15)23-20(27)14-3-2-10-25(12-14)32(29,30)17-8-9-18-19(11-17)31-21(28)24-18/h4-9,11,14H,2-3,10,12H2,1H3,(H,22,26)(H,23,27)(H,24,28). The first kappa shape index (κ1) is 21.8. The smallest absolute Gasteiger partial charge is 0.408 e. The molecule has 2 heterocycles. The van der Waals surface area contributed by atoms with Gasteiger partial charge in [0.25, 0.3) is 0 Å². The molecule has 3 N–H and O–H groups in total. The zero-order chi connectivity index (χ0) is 22.9. The molecule has 1 saturated heterocycles. The summed E-state index contributed by atoms with van der Waals surface area (Å²) in [4.78, 5) is 37.7. The number of anilines is 2. The highest BCUT2D eigenvalue weighted by Crippen LogP contribution is 2.26. The summed E-state index contributed by atoms with van der Waals surface area (Å²) < 4.78 is 32.5. The highest BCUT2D eigenvalue weighted by Gasteiger charge is 2.33. The van der Waals surface area contributed by atoms with Gasteiger partial charge < -0.3 is 15.1 Å². The zero-order valence-electron chi connectivity index (χ0n) is 17.3. The first-order valence-corrected chi connectivity index (χ1v) is 11.5. The van der Waals surface area contributed by atoms with E-state index in [2.05, 4.69) is 15.6 Å². The molecule has 2 amide bonds. The summed E-state index contributed by atoms with van der Waals surface area (Å²) in [7, 11) is -3.86. The maximum Gasteiger partial charge on any atom is 0.417 e. The number of aromatic amines is 1. The summed E-state index contributed by atoms with van der Waals surface area (Å²) >= 11 is 0. The minimum atomic E-state index is -3.86. The van der Waals surface area contributed by atoms with E-state index in [0.29, 0.717) is 36.3 Å². The van der Waals surface area contributed by atoms with Crippen LogP contribution in [0.1, 0.15) is 19.8 Å². The maximum absolute atomic E-state index is 13.1. The zero-order valence-corrected chi connectivity index (χ0v) is 18.1. The summed E-state index contributed by atoms with van der Waals surface area (Å²) in [5, 5.41) is 5.45. The van der Waals surface area contributed by atoms with Crippen molar-refractivity contribution < 1.29 is 22.4 Å². The van der Waals surface area contributed by atoms with Gasteiger partial charge in [-0.3, -0.25) is 14.6 Å². The van der Waals surface area contributed by atoms with Gasteiger partial charge in [-0.05, 0) is 49.2 Å². The van der Waals surface area contributed by atoms with E-state index in [-0.39, 0.29) is 28.8 Å². The quantitative estimate of drug-likeness (QED) is 0.535. The van der Waals surface area contributed by atoms with Gasteiger partial charge in [-0.1, -0.05) is 0 Å². The topological polar surface area (TPSA) is 142 Å². The average Bonchev–Trinajstić information content (AvgIpc) is 3.14. The Hall–Kier alpha value is -3.44. The van der Waals surface area contributed by atoms with Crippen molar-refractivity contribution in [3.05, 3.63) is 53.0 Å². The van der Waals surface area contributed by atoms with E-state index in [0.717, 1.165) is 0 Å². The molecule has 1 aliphatic heterocycles. The molecule has 32 heavy (non-hydrogen) atoms. The second-order valence-corrected chi connectivity index (χ2v) is 9.56. The molecule has 1 fully saturated rings. The van der Waals surface area contributed by atoms with E-state index in [4.69, 9.17) is 4.42 Å². The Morgan fingerprint density at radius 1 is 1.09 bits per heavy atom. The van der Waals surface area contributed by atoms with Crippen LogP contribution in [-0.4, -0.2) is 42.6 Å². The second-order valence-electron chi connectivity index (χ2n) is 7.62. The molecular weight excluding hydrogens is 436 g/mol. The van der Waals surface area contributed by atoms with Crippen LogP contribution in [0.5, 0.6) is 0 Å². The maximum atomic E-state index is 13.1. The van der Waals surface area contributed by atoms with E-state index < -0.39 is 21.7 Å². The van der Waals surface area contributed by atoms with Crippen LogP contribution >= 0.6 is 0 Å². The van der Waals surface area contributed by atoms with Crippen LogP contribution in [0.3, 0.4) is 0 Å². The van der Waals surface area contributed by atoms with Crippen LogP contribution in [0.25, 0.3) is 11.1 Å². The molecule has 2 aromatic carbocycles. The molecule has 0 aliphatic carbocycles. The van der Waals surface area contributed by atoms with Gasteiger partial charge in [-0.2, -0.15) is 4.31 Å². The number of hydrogen-bond acceptors (Lipinski definition) is 6. The third-order valence-corrected chi connectivity index (χ3v) is 7.12. The van der Waals surface area contributed by atoms with Crippen LogP contribution in [-0.2, 0) is 19.6 Å². The lowest BCUT2D eigenvalue weighted by molar-refractivity contribution is -0.121. The molecule has 0 spiro atoms. The van der Waals surface area contributed by atoms with E-state index in [1.54, 1.807) is 24.3 Å². The third kappa shape index (κ3) is 4.58. The largest absolute Gasteiger partial charge is 0.417 e. The number of nitrogens with one attached hydrogen (secondary N) is 3. The number of carbonyl (C=O) groups excluding carboxylic acids is 2. The van der Waals surface area contributed by atoms with Crippen LogP contribution in [0.15, 0.2) is 56.6 Å². The third-order valence-electron chi connectivity index (χ3n) is 5.26. The Morgan fingerprint density at radius 2 is 1.78 bits per heavy atom. The number of nitrogens with zero attached hydrogens (tertiary/aromatic N) is 1. The SMILES string of the molecule is CC(=O)Nc1ccc(NC(=O)C2CCCN(S(=O)(=O)c3ccc4[nH]c(=O)oc4c3)C2)cc1. The van der Waals surface area contributed by atoms with Gasteiger partial charge >= 0.3 is 5.76 Å². The van der Waals surface area contributed by atoms with Gasteiger partial charge in [-0.25, -0.2) is 13.2 Å². The van der Waals surface area contributed by atoms with Gasteiger partial charge in [0, 0.05) is 37.5 Å². The molecule has 0 radical (unpaired) electrons. The van der Waals surface area contributed by atoms with Crippen LogP contribution < -0.4 is 16.4 Å². The fraction of sp³-hybridized carbons (Fsp3) is 0.286. The molecule has 11 heteroatoms. The molecule has 3 aromatic rings. The minimum absolute atomic E-state index is 0.00219. The summed E-state index contributed by atoms with van der Waals surface area (Å²) in [5.74, 6) is -1.64. The summed E-state index contributed by atoms with van der Waals surface area (Å²) in [6.45, 7) is 1.75. The average molecular weight is 458 g/mol. The lowest BCUT2D eigenvalue weighted by atomic mass is 9.98. The first-order chi connectivity index (χ1) is 15.2. The van der Waals surface area contributed by atoms with Crippen molar-refractivity contribution in [1.29, 1.82) is 0 Å². The van der Waals surface area contributed by atoms with E-state index >= 15 is 0 Å². The van der Waals surface area contributed by atoms with Crippen molar-refractivity contribution in [3.63, 3.8) is 0 Å². The fourth-order valence-electron chi connectivity index (χ4n) is 3.69. The van der Waals surface area contributed by atoms with Gasteiger partial charge in [0.05, 0.1) is 16.3 Å². The van der Waals surface area contributed by atoms with Crippen molar-refractivity contribution in [3.8, 4) is 0 Å². The lowest BCUT2D eigenvalue weighted by Gasteiger charge is -2.31. The number of fused-ring (bicyclic) bond motifs is 1. The number of hydrogen-bond donors (Lipinski definition) is 3. The van der Waals surface area contributed by atoms with Crippen molar-refractivity contribution in [1.82, 2.24) is 9.29 Å². The monoisotopic (exact) mass is 458 g/mol. The molecular formula is C21H22N4O6S. The number of rotatable bonds is 5. The molecule has 1 atom stereocenters. The van der Waals surface area contributed by atoms with Gasteiger partial charge in [0.15, 0.2) is 5.58 Å². The van der Waals surface area contributed by atoms with Crippen molar-refractivity contribution in [2.45, 2.75) is 24.7 Å². The highest BCUT2D eigenvalue weighted by molar-refractivity contribution is 7.89. The molecule has 0 saturated carbocycles. The molecule has 1 unspecified atom stereocenters. The van der Waals surface area contributed by atoms with Crippen molar-refractivity contribution >= 4 is 44.3 Å². The Balaban J connectivity index is 1.46. The molecule has 4 rings (SSSR count). The first-order valence-electron chi connectivity index (χ1n) is 10.0. The minimum Gasteiger partial charge on any atom is -0.408 e. The van der Waals surface area contributed by atoms with E-state index in [1.807, 2.05) is 0 Å². The molecule has 1 aliphatic rings. The van der Waals surface area contributed by atoms with Gasteiger partial charge in [0.2, 0.25) is 21.8 Å². The molecule has 1 aromatic heterocycles. The number of H-pyrrole nitrogens is 1. The number of oxazole rings is 1. The predicted molar refractivity (Wildman–Crippen MR) is 118 cm³/mol. The molecule has 168 valence electrons. The second kappa shape index (κ2) is 8.60. The number of amides is 2. The number of benzene rings is 2. The van der Waals surface area contributed by atoms with Crippen molar-refractivity contribution in [2.75, 3.05) is 23.7 Å². The number of piperidine rings is 1.